The molecule has 0 atom stereocenters. The van der Waals surface area contributed by atoms with Crippen molar-refractivity contribution in [1.29, 1.82) is 0 Å². The first kappa shape index (κ1) is 10.3. The average Bonchev–Trinajstić information content (AvgIpc) is 2.31. The number of phenolic OH excluding ortho intramolecular Hbond substituents is 1. The molecule has 0 saturated carbocycles. The number of hydrogen-bond acceptors (Lipinski definition) is 4. The van der Waals surface area contributed by atoms with E-state index in [1.165, 1.54) is 7.11 Å². The molecule has 1 N–H and O–H groups in total. The molecular weight excluding hydrogens is 196 g/mol. The van der Waals surface area contributed by atoms with E-state index >= 15 is 0 Å². The van der Waals surface area contributed by atoms with Crippen LogP contribution in [0, 0.1) is 0 Å². The maximum absolute atomic E-state index is 9.43. The van der Waals surface area contributed by atoms with E-state index in [0.717, 1.165) is 12.0 Å². The minimum absolute atomic E-state index is 0.122. The highest BCUT2D eigenvalue weighted by Gasteiger charge is 2.17. The first-order valence-electron chi connectivity index (χ1n) is 4.91. The van der Waals surface area contributed by atoms with E-state index in [2.05, 4.69) is 0 Å². The van der Waals surface area contributed by atoms with Gasteiger partial charge in [0.05, 0.1) is 20.3 Å². The summed E-state index contributed by atoms with van der Waals surface area (Å²) < 4.78 is 15.9. The van der Waals surface area contributed by atoms with Crippen molar-refractivity contribution in [3.63, 3.8) is 0 Å². The molecule has 0 bridgehead atoms. The Bertz CT molecular complexity index is 331. The number of hydrogen-bond donors (Lipinski definition) is 1. The highest BCUT2D eigenvalue weighted by Crippen LogP contribution is 2.31. The summed E-state index contributed by atoms with van der Waals surface area (Å²) in [7, 11) is 1.52. The van der Waals surface area contributed by atoms with Crippen molar-refractivity contribution in [2.45, 2.75) is 12.7 Å². The van der Waals surface area contributed by atoms with Gasteiger partial charge in [-0.3, -0.25) is 0 Å². The molecule has 4 nitrogen and oxygen atoms in total. The minimum atomic E-state index is -0.340. The zero-order chi connectivity index (χ0) is 10.7. The predicted octanol–water partition coefficient (Wildman–Crippen LogP) is 1.84. The van der Waals surface area contributed by atoms with Crippen LogP contribution in [0.15, 0.2) is 18.2 Å². The molecule has 0 radical (unpaired) electrons. The van der Waals surface area contributed by atoms with Crippen LogP contribution in [-0.4, -0.2) is 25.4 Å². The molecule has 1 heterocycles. The molecule has 0 aromatic heterocycles. The Kier molecular flexibility index (Phi) is 3.08. The number of ether oxygens (including phenoxy) is 3. The highest BCUT2D eigenvalue weighted by atomic mass is 16.7. The van der Waals surface area contributed by atoms with Gasteiger partial charge in [0.25, 0.3) is 0 Å². The molecule has 15 heavy (non-hydrogen) atoms. The van der Waals surface area contributed by atoms with Crippen molar-refractivity contribution in [3.8, 4) is 11.5 Å². The molecule has 0 aliphatic carbocycles. The van der Waals surface area contributed by atoms with Gasteiger partial charge >= 0.3 is 0 Å². The van der Waals surface area contributed by atoms with Crippen LogP contribution >= 0.6 is 0 Å². The molecule has 1 aromatic rings. The number of aromatic hydroxyl groups is 1. The topological polar surface area (TPSA) is 47.9 Å². The van der Waals surface area contributed by atoms with Gasteiger partial charge in [-0.1, -0.05) is 6.07 Å². The van der Waals surface area contributed by atoms with Crippen LogP contribution < -0.4 is 4.74 Å². The van der Waals surface area contributed by atoms with E-state index in [1.807, 2.05) is 0 Å². The standard InChI is InChI=1S/C11H14O4/c1-13-10-7-8(3-4-9(10)12)11-14-5-2-6-15-11/h3-4,7,11-12H,2,5-6H2,1H3. The van der Waals surface area contributed by atoms with Crippen molar-refractivity contribution < 1.29 is 19.3 Å². The van der Waals surface area contributed by atoms with E-state index in [9.17, 15) is 5.11 Å². The summed E-state index contributed by atoms with van der Waals surface area (Å²) in [5.41, 5.74) is 0.865. The van der Waals surface area contributed by atoms with Gasteiger partial charge in [0.15, 0.2) is 17.8 Å². The third kappa shape index (κ3) is 2.22. The lowest BCUT2D eigenvalue weighted by atomic mass is 10.2. The molecule has 82 valence electrons. The Morgan fingerprint density at radius 2 is 2.07 bits per heavy atom. The van der Waals surface area contributed by atoms with Crippen LogP contribution in [0.5, 0.6) is 11.5 Å². The van der Waals surface area contributed by atoms with Gasteiger partial charge in [0.2, 0.25) is 0 Å². The fraction of sp³-hybridized carbons (Fsp3) is 0.455. The van der Waals surface area contributed by atoms with Crippen LogP contribution in [0.25, 0.3) is 0 Å². The third-order valence-electron chi connectivity index (χ3n) is 2.30. The van der Waals surface area contributed by atoms with Gasteiger partial charge in [0, 0.05) is 5.56 Å². The normalized spacial score (nSPS) is 17.7. The number of rotatable bonds is 2. The molecule has 4 heteroatoms. The minimum Gasteiger partial charge on any atom is -0.504 e. The predicted molar refractivity (Wildman–Crippen MR) is 53.9 cm³/mol. The molecule has 0 amide bonds. The Balaban J connectivity index is 2.20. The SMILES string of the molecule is COc1cc(C2OCCCO2)ccc1O. The van der Waals surface area contributed by atoms with Crippen molar-refractivity contribution in [1.82, 2.24) is 0 Å². The fourth-order valence-electron chi connectivity index (χ4n) is 1.52. The monoisotopic (exact) mass is 210 g/mol. The van der Waals surface area contributed by atoms with Gasteiger partial charge < -0.3 is 19.3 Å². The van der Waals surface area contributed by atoms with Crippen molar-refractivity contribution in [3.05, 3.63) is 23.8 Å². The van der Waals surface area contributed by atoms with E-state index in [4.69, 9.17) is 14.2 Å². The second-order valence-corrected chi connectivity index (χ2v) is 3.36. The molecule has 2 rings (SSSR count). The lowest BCUT2D eigenvalue weighted by Crippen LogP contribution is -2.17. The third-order valence-corrected chi connectivity index (χ3v) is 2.30. The largest absolute Gasteiger partial charge is 0.504 e. The summed E-state index contributed by atoms with van der Waals surface area (Å²) >= 11 is 0. The van der Waals surface area contributed by atoms with E-state index in [0.29, 0.717) is 19.0 Å². The molecule has 1 aromatic carbocycles. The van der Waals surface area contributed by atoms with E-state index in [1.54, 1.807) is 18.2 Å². The van der Waals surface area contributed by atoms with Gasteiger partial charge in [-0.15, -0.1) is 0 Å². The smallest absolute Gasteiger partial charge is 0.183 e. The molecule has 1 aliphatic heterocycles. The fourth-order valence-corrected chi connectivity index (χ4v) is 1.52. The summed E-state index contributed by atoms with van der Waals surface area (Å²) in [6.45, 7) is 1.40. The van der Waals surface area contributed by atoms with Gasteiger partial charge in [-0.05, 0) is 18.6 Å². The van der Waals surface area contributed by atoms with Crippen LogP contribution in [0.4, 0.5) is 0 Å². The summed E-state index contributed by atoms with van der Waals surface area (Å²) in [5.74, 6) is 0.558. The molecule has 1 aliphatic rings. The van der Waals surface area contributed by atoms with Crippen LogP contribution in [0.2, 0.25) is 0 Å². The Morgan fingerprint density at radius 3 is 2.73 bits per heavy atom. The zero-order valence-electron chi connectivity index (χ0n) is 8.60. The lowest BCUT2D eigenvalue weighted by Gasteiger charge is -2.23. The molecular formula is C11H14O4. The van der Waals surface area contributed by atoms with Crippen LogP contribution in [0.3, 0.4) is 0 Å². The second-order valence-electron chi connectivity index (χ2n) is 3.36. The molecule has 1 saturated heterocycles. The maximum atomic E-state index is 9.43. The number of methoxy groups -OCH3 is 1. The Labute approximate surface area is 88.4 Å². The molecule has 1 fully saturated rings. The summed E-state index contributed by atoms with van der Waals surface area (Å²) in [4.78, 5) is 0. The quantitative estimate of drug-likeness (QED) is 0.809. The lowest BCUT2D eigenvalue weighted by molar-refractivity contribution is -0.183. The zero-order valence-corrected chi connectivity index (χ0v) is 8.60. The van der Waals surface area contributed by atoms with E-state index < -0.39 is 0 Å². The number of benzene rings is 1. The molecule has 0 spiro atoms. The first-order valence-corrected chi connectivity index (χ1v) is 4.91. The Morgan fingerprint density at radius 1 is 1.33 bits per heavy atom. The second kappa shape index (κ2) is 4.51. The van der Waals surface area contributed by atoms with Crippen LogP contribution in [-0.2, 0) is 9.47 Å². The van der Waals surface area contributed by atoms with Crippen molar-refractivity contribution >= 4 is 0 Å². The highest BCUT2D eigenvalue weighted by molar-refractivity contribution is 5.42. The van der Waals surface area contributed by atoms with Gasteiger partial charge in [0.1, 0.15) is 0 Å². The van der Waals surface area contributed by atoms with E-state index in [-0.39, 0.29) is 12.0 Å². The van der Waals surface area contributed by atoms with Gasteiger partial charge in [-0.2, -0.15) is 0 Å². The summed E-state index contributed by atoms with van der Waals surface area (Å²) in [6.07, 6.45) is 0.583. The Hall–Kier alpha value is -1.26. The first-order chi connectivity index (χ1) is 7.31. The summed E-state index contributed by atoms with van der Waals surface area (Å²) in [6, 6.07) is 5.08. The van der Waals surface area contributed by atoms with Crippen LogP contribution in [0.1, 0.15) is 18.3 Å². The van der Waals surface area contributed by atoms with Crippen molar-refractivity contribution in [2.75, 3.05) is 20.3 Å². The molecule has 0 unspecified atom stereocenters. The maximum Gasteiger partial charge on any atom is 0.183 e. The summed E-state index contributed by atoms with van der Waals surface area (Å²) in [5, 5.41) is 9.43. The average molecular weight is 210 g/mol. The number of phenols is 1. The van der Waals surface area contributed by atoms with Crippen molar-refractivity contribution in [2.24, 2.45) is 0 Å². The van der Waals surface area contributed by atoms with Gasteiger partial charge in [-0.25, -0.2) is 0 Å².